The van der Waals surface area contributed by atoms with Crippen LogP contribution in [0.4, 0.5) is 10.5 Å². The highest BCUT2D eigenvalue weighted by Crippen LogP contribution is 2.42. The SMILES string of the molecule is O=C1N(c2ccc(C3(C(=O)O)CCCC3)cc2)C[C@@H]2CNCCN12. The number of urea groups is 1. The molecule has 0 unspecified atom stereocenters. The highest BCUT2D eigenvalue weighted by atomic mass is 16.4. The molecule has 2 aliphatic heterocycles. The zero-order chi connectivity index (χ0) is 16.7. The Morgan fingerprint density at radius 2 is 1.92 bits per heavy atom. The molecule has 1 atom stereocenters. The number of fused-ring (bicyclic) bond motifs is 1. The van der Waals surface area contributed by atoms with Crippen molar-refractivity contribution in [1.29, 1.82) is 0 Å². The highest BCUT2D eigenvalue weighted by Gasteiger charge is 2.43. The molecule has 0 spiro atoms. The first-order valence-electron chi connectivity index (χ1n) is 8.75. The van der Waals surface area contributed by atoms with Gasteiger partial charge in [-0.25, -0.2) is 4.79 Å². The van der Waals surface area contributed by atoms with Crippen molar-refractivity contribution in [3.63, 3.8) is 0 Å². The molecule has 2 heterocycles. The largest absolute Gasteiger partial charge is 0.481 e. The normalized spacial score (nSPS) is 25.8. The summed E-state index contributed by atoms with van der Waals surface area (Å²) in [6, 6.07) is 7.90. The summed E-state index contributed by atoms with van der Waals surface area (Å²) in [7, 11) is 0. The number of rotatable bonds is 3. The van der Waals surface area contributed by atoms with Gasteiger partial charge in [-0.05, 0) is 30.5 Å². The van der Waals surface area contributed by atoms with Gasteiger partial charge >= 0.3 is 12.0 Å². The third-order valence-corrected chi connectivity index (χ3v) is 5.82. The smallest absolute Gasteiger partial charge is 0.324 e. The number of nitrogens with zero attached hydrogens (tertiary/aromatic N) is 2. The Balaban J connectivity index is 1.58. The van der Waals surface area contributed by atoms with E-state index < -0.39 is 11.4 Å². The number of anilines is 1. The van der Waals surface area contributed by atoms with Crippen LogP contribution in [0.3, 0.4) is 0 Å². The molecule has 0 bridgehead atoms. The van der Waals surface area contributed by atoms with Gasteiger partial charge < -0.3 is 15.3 Å². The van der Waals surface area contributed by atoms with Crippen LogP contribution >= 0.6 is 0 Å². The number of benzene rings is 1. The van der Waals surface area contributed by atoms with Crippen LogP contribution in [0.1, 0.15) is 31.2 Å². The van der Waals surface area contributed by atoms with Gasteiger partial charge in [0.25, 0.3) is 0 Å². The topological polar surface area (TPSA) is 72.9 Å². The Morgan fingerprint density at radius 3 is 2.54 bits per heavy atom. The summed E-state index contributed by atoms with van der Waals surface area (Å²) in [5, 5.41) is 13.0. The third kappa shape index (κ3) is 2.28. The van der Waals surface area contributed by atoms with E-state index in [1.165, 1.54) is 0 Å². The Morgan fingerprint density at radius 1 is 1.21 bits per heavy atom. The van der Waals surface area contributed by atoms with E-state index in [0.29, 0.717) is 19.4 Å². The fourth-order valence-corrected chi connectivity index (χ4v) is 4.40. The van der Waals surface area contributed by atoms with E-state index in [2.05, 4.69) is 5.32 Å². The van der Waals surface area contributed by atoms with Crippen molar-refractivity contribution in [1.82, 2.24) is 10.2 Å². The van der Waals surface area contributed by atoms with E-state index in [4.69, 9.17) is 0 Å². The predicted octanol–water partition coefficient (Wildman–Crippen LogP) is 1.80. The monoisotopic (exact) mass is 329 g/mol. The molecule has 0 aromatic heterocycles. The molecule has 4 rings (SSSR count). The molecule has 1 aromatic rings. The van der Waals surface area contributed by atoms with E-state index in [-0.39, 0.29) is 12.1 Å². The van der Waals surface area contributed by atoms with Crippen molar-refractivity contribution in [2.45, 2.75) is 37.1 Å². The van der Waals surface area contributed by atoms with Crippen LogP contribution in [0.15, 0.2) is 24.3 Å². The lowest BCUT2D eigenvalue weighted by molar-refractivity contribution is -0.143. The van der Waals surface area contributed by atoms with Crippen molar-refractivity contribution >= 4 is 17.7 Å². The van der Waals surface area contributed by atoms with Gasteiger partial charge in [0.15, 0.2) is 0 Å². The zero-order valence-electron chi connectivity index (χ0n) is 13.7. The van der Waals surface area contributed by atoms with Crippen LogP contribution in [0.25, 0.3) is 0 Å². The maximum absolute atomic E-state index is 12.6. The highest BCUT2D eigenvalue weighted by molar-refractivity contribution is 5.95. The molecular weight excluding hydrogens is 306 g/mol. The van der Waals surface area contributed by atoms with Crippen molar-refractivity contribution in [2.75, 3.05) is 31.1 Å². The van der Waals surface area contributed by atoms with Crippen LogP contribution in [0.5, 0.6) is 0 Å². The first-order valence-corrected chi connectivity index (χ1v) is 8.75. The molecule has 6 heteroatoms. The standard InChI is InChI=1S/C18H23N3O3/c22-16(23)18(7-1-2-8-18)13-3-5-14(6-4-13)21-12-15-11-19-9-10-20(15)17(21)24/h3-6,15,19H,1-2,7-12H2,(H,22,23)/t15-/m0/s1. The maximum Gasteiger partial charge on any atom is 0.324 e. The predicted molar refractivity (Wildman–Crippen MR) is 90.3 cm³/mol. The average Bonchev–Trinajstić information content (AvgIpc) is 3.22. The van der Waals surface area contributed by atoms with Gasteiger partial charge in [-0.2, -0.15) is 0 Å². The minimum Gasteiger partial charge on any atom is -0.481 e. The summed E-state index contributed by atoms with van der Waals surface area (Å²) < 4.78 is 0. The lowest BCUT2D eigenvalue weighted by Crippen LogP contribution is -2.49. The van der Waals surface area contributed by atoms with Crippen molar-refractivity contribution in [2.24, 2.45) is 0 Å². The van der Waals surface area contributed by atoms with E-state index >= 15 is 0 Å². The molecule has 128 valence electrons. The lowest BCUT2D eigenvalue weighted by atomic mass is 9.79. The van der Waals surface area contributed by atoms with Gasteiger partial charge in [-0.3, -0.25) is 9.69 Å². The molecule has 3 fully saturated rings. The summed E-state index contributed by atoms with van der Waals surface area (Å²) in [6.07, 6.45) is 3.32. The molecule has 2 N–H and O–H groups in total. The van der Waals surface area contributed by atoms with Gasteiger partial charge in [0.1, 0.15) is 0 Å². The van der Waals surface area contributed by atoms with Crippen molar-refractivity contribution < 1.29 is 14.7 Å². The number of amides is 2. The summed E-state index contributed by atoms with van der Waals surface area (Å²) >= 11 is 0. The first kappa shape index (κ1) is 15.4. The summed E-state index contributed by atoms with van der Waals surface area (Å²) in [6.45, 7) is 3.12. The number of carboxylic acid groups (broad SMARTS) is 1. The molecule has 1 aliphatic carbocycles. The van der Waals surface area contributed by atoms with Crippen LogP contribution in [-0.2, 0) is 10.2 Å². The third-order valence-electron chi connectivity index (χ3n) is 5.82. The second-order valence-electron chi connectivity index (χ2n) is 7.09. The van der Waals surface area contributed by atoms with E-state index in [1.54, 1.807) is 0 Å². The van der Waals surface area contributed by atoms with E-state index in [9.17, 15) is 14.7 Å². The molecule has 1 aromatic carbocycles. The van der Waals surface area contributed by atoms with Gasteiger partial charge in [-0.15, -0.1) is 0 Å². The summed E-state index contributed by atoms with van der Waals surface area (Å²) in [5.41, 5.74) is 0.980. The summed E-state index contributed by atoms with van der Waals surface area (Å²) in [5.74, 6) is -0.729. The van der Waals surface area contributed by atoms with E-state index in [1.807, 2.05) is 34.1 Å². The van der Waals surface area contributed by atoms with Gasteiger partial charge in [-0.1, -0.05) is 25.0 Å². The summed E-state index contributed by atoms with van der Waals surface area (Å²) in [4.78, 5) is 28.1. The molecule has 0 radical (unpaired) electrons. The average molecular weight is 329 g/mol. The van der Waals surface area contributed by atoms with Crippen LogP contribution in [0.2, 0.25) is 0 Å². The van der Waals surface area contributed by atoms with Gasteiger partial charge in [0, 0.05) is 31.9 Å². The minimum atomic E-state index is -0.741. The fraction of sp³-hybridized carbons (Fsp3) is 0.556. The molecule has 24 heavy (non-hydrogen) atoms. The second-order valence-corrected chi connectivity index (χ2v) is 7.09. The number of carboxylic acids is 1. The number of carbonyl (C=O) groups excluding carboxylic acids is 1. The maximum atomic E-state index is 12.6. The van der Waals surface area contributed by atoms with Crippen molar-refractivity contribution in [3.05, 3.63) is 29.8 Å². The lowest BCUT2D eigenvalue weighted by Gasteiger charge is -2.28. The van der Waals surface area contributed by atoms with E-state index in [0.717, 1.165) is 43.7 Å². The van der Waals surface area contributed by atoms with Crippen LogP contribution in [0, 0.1) is 0 Å². The number of aliphatic carboxylic acids is 1. The quantitative estimate of drug-likeness (QED) is 0.887. The number of carbonyl (C=O) groups is 2. The Kier molecular flexibility index (Phi) is 3.72. The number of piperazine rings is 1. The second kappa shape index (κ2) is 5.77. The molecule has 6 nitrogen and oxygen atoms in total. The first-order chi connectivity index (χ1) is 11.6. The molecule has 2 amide bonds. The fourth-order valence-electron chi connectivity index (χ4n) is 4.40. The number of hydrogen-bond acceptors (Lipinski definition) is 3. The molecule has 2 saturated heterocycles. The molecule has 3 aliphatic rings. The van der Waals surface area contributed by atoms with Crippen LogP contribution in [-0.4, -0.2) is 54.2 Å². The van der Waals surface area contributed by atoms with Gasteiger partial charge in [0.05, 0.1) is 11.5 Å². The van der Waals surface area contributed by atoms with Crippen LogP contribution < -0.4 is 10.2 Å². The Hall–Kier alpha value is -2.08. The van der Waals surface area contributed by atoms with Gasteiger partial charge in [0.2, 0.25) is 0 Å². The Bertz CT molecular complexity index is 652. The number of hydrogen-bond donors (Lipinski definition) is 2. The zero-order valence-corrected chi connectivity index (χ0v) is 13.7. The Labute approximate surface area is 141 Å². The number of nitrogens with one attached hydrogen (secondary N) is 1. The van der Waals surface area contributed by atoms with Crippen molar-refractivity contribution in [3.8, 4) is 0 Å². The minimum absolute atomic E-state index is 0.0584. The molecule has 1 saturated carbocycles. The molecular formula is C18H23N3O3.